The van der Waals surface area contributed by atoms with Crippen molar-refractivity contribution >= 4 is 17.9 Å². The van der Waals surface area contributed by atoms with Crippen LogP contribution in [0.4, 0.5) is 0 Å². The summed E-state index contributed by atoms with van der Waals surface area (Å²) in [5.41, 5.74) is 0. The van der Waals surface area contributed by atoms with Crippen molar-refractivity contribution < 1.29 is 38.2 Å². The summed E-state index contributed by atoms with van der Waals surface area (Å²) in [4.78, 5) is 36.9. The highest BCUT2D eigenvalue weighted by Gasteiger charge is 2.31. The predicted molar refractivity (Wildman–Crippen MR) is 229 cm³/mol. The molecule has 0 rings (SSSR count). The minimum absolute atomic E-state index is 0.0288. The Morgan fingerprint density at radius 2 is 1.05 bits per heavy atom. The number of esters is 2. The molecule has 0 saturated carbocycles. The van der Waals surface area contributed by atoms with Gasteiger partial charge in [0.25, 0.3) is 0 Å². The SMILES string of the molecule is CC/C=C/C=C/C=C/C=C/C=C/C=C/CCCCCC(=O)OCC(COCCC(C(=O)O)[N+](C)(C)C)OC(=O)CCCCCC/C=C/C/C=C/C/C=C/CC. The number of unbranched alkanes of at least 4 members (excludes halogenated alkanes) is 7. The van der Waals surface area contributed by atoms with E-state index in [1.54, 1.807) is 0 Å². The fraction of sp³-hybridized carbons (Fsp3) is 0.553. The Bertz CT molecular complexity index is 1260. The van der Waals surface area contributed by atoms with E-state index in [9.17, 15) is 19.5 Å². The number of likely N-dealkylation sites (N-methyl/N-ethyl adjacent to an activating group) is 1. The third-order valence-electron chi connectivity index (χ3n) is 8.33. The zero-order valence-corrected chi connectivity index (χ0v) is 34.8. The average Bonchev–Trinajstić information content (AvgIpc) is 3.14. The number of ether oxygens (including phenoxy) is 3. The maximum Gasteiger partial charge on any atom is 0.362 e. The standard InChI is InChI=1S/C47H73NO7/c1-6-8-10-12-14-16-18-20-22-23-24-26-27-29-31-33-35-37-45(49)54-42-43(41-53-40-39-44(47(51)52)48(3,4)5)55-46(50)38-36-34-32-30-28-25-21-19-17-15-13-11-9-7-2/h8-12,14-18,20-27,43-44H,6-7,13,19,28-42H2,1-5H3/p+1/b10-8+,11-9+,14-12+,17-15+,18-16+,22-20+,24-23+,25-21+,27-26+. The van der Waals surface area contributed by atoms with Gasteiger partial charge in [-0.05, 0) is 64.2 Å². The van der Waals surface area contributed by atoms with Crippen molar-refractivity contribution in [2.24, 2.45) is 0 Å². The number of carbonyl (C=O) groups is 3. The van der Waals surface area contributed by atoms with E-state index < -0.39 is 18.1 Å². The molecule has 0 spiro atoms. The maximum atomic E-state index is 12.7. The summed E-state index contributed by atoms with van der Waals surface area (Å²) in [5, 5.41) is 9.60. The minimum Gasteiger partial charge on any atom is -0.477 e. The van der Waals surface area contributed by atoms with Gasteiger partial charge in [-0.1, -0.05) is 142 Å². The molecule has 2 unspecified atom stereocenters. The number of rotatable bonds is 34. The molecule has 0 fully saturated rings. The van der Waals surface area contributed by atoms with E-state index >= 15 is 0 Å². The summed E-state index contributed by atoms with van der Waals surface area (Å²) in [6.07, 6.45) is 49.9. The Hall–Kier alpha value is -4.01. The van der Waals surface area contributed by atoms with Gasteiger partial charge >= 0.3 is 17.9 Å². The van der Waals surface area contributed by atoms with Crippen LogP contribution < -0.4 is 0 Å². The highest BCUT2D eigenvalue weighted by molar-refractivity contribution is 5.72. The highest BCUT2D eigenvalue weighted by Crippen LogP contribution is 2.12. The van der Waals surface area contributed by atoms with E-state index in [0.717, 1.165) is 77.0 Å². The second kappa shape index (κ2) is 36.9. The molecule has 0 aromatic heterocycles. The maximum absolute atomic E-state index is 12.7. The number of quaternary nitrogens is 1. The molecular formula is C47H74NO7+. The van der Waals surface area contributed by atoms with Crippen LogP contribution in [-0.4, -0.2) is 80.6 Å². The van der Waals surface area contributed by atoms with Crippen LogP contribution in [0.1, 0.15) is 117 Å². The molecule has 0 aliphatic rings. The van der Waals surface area contributed by atoms with E-state index in [1.807, 2.05) is 81.9 Å². The fourth-order valence-corrected chi connectivity index (χ4v) is 5.19. The number of hydrogen-bond donors (Lipinski definition) is 1. The number of carboxylic acid groups (broad SMARTS) is 1. The molecule has 1 N–H and O–H groups in total. The van der Waals surface area contributed by atoms with E-state index in [-0.39, 0.29) is 42.7 Å². The number of carboxylic acids is 1. The first-order valence-electron chi connectivity index (χ1n) is 20.5. The van der Waals surface area contributed by atoms with E-state index in [1.165, 1.54) is 0 Å². The number of allylic oxidation sites excluding steroid dienone is 18. The summed E-state index contributed by atoms with van der Waals surface area (Å²) in [6, 6.07) is -0.633. The molecule has 0 aliphatic carbocycles. The van der Waals surface area contributed by atoms with Crippen molar-refractivity contribution in [1.29, 1.82) is 0 Å². The van der Waals surface area contributed by atoms with E-state index in [2.05, 4.69) is 62.5 Å². The molecule has 8 nitrogen and oxygen atoms in total. The van der Waals surface area contributed by atoms with Crippen molar-refractivity contribution in [1.82, 2.24) is 0 Å². The number of aliphatic carboxylic acids is 1. The monoisotopic (exact) mass is 765 g/mol. The Kier molecular flexibility index (Phi) is 34.2. The first kappa shape index (κ1) is 51.0. The third-order valence-corrected chi connectivity index (χ3v) is 8.33. The third kappa shape index (κ3) is 35.4. The van der Waals surface area contributed by atoms with Gasteiger partial charge < -0.3 is 23.8 Å². The normalized spacial score (nSPS) is 14.1. The molecule has 0 amide bonds. The summed E-state index contributed by atoms with van der Waals surface area (Å²) >= 11 is 0. The first-order valence-corrected chi connectivity index (χ1v) is 20.5. The van der Waals surface area contributed by atoms with Crippen LogP contribution in [0.3, 0.4) is 0 Å². The largest absolute Gasteiger partial charge is 0.477 e. The smallest absolute Gasteiger partial charge is 0.362 e. The fourth-order valence-electron chi connectivity index (χ4n) is 5.19. The van der Waals surface area contributed by atoms with Gasteiger partial charge in [0.05, 0.1) is 34.4 Å². The number of nitrogens with zero attached hydrogens (tertiary/aromatic N) is 1. The van der Waals surface area contributed by atoms with Crippen molar-refractivity contribution in [3.05, 3.63) is 109 Å². The molecule has 2 atom stereocenters. The van der Waals surface area contributed by atoms with Crippen molar-refractivity contribution in [3.8, 4) is 0 Å². The molecule has 0 aromatic carbocycles. The van der Waals surface area contributed by atoms with Crippen LogP contribution >= 0.6 is 0 Å². The molecule has 55 heavy (non-hydrogen) atoms. The average molecular weight is 765 g/mol. The van der Waals surface area contributed by atoms with Gasteiger partial charge in [0, 0.05) is 19.3 Å². The van der Waals surface area contributed by atoms with Gasteiger partial charge in [-0.2, -0.15) is 0 Å². The molecule has 8 heteroatoms. The zero-order chi connectivity index (χ0) is 40.7. The Labute approximate surface area is 334 Å². The second-order valence-corrected chi connectivity index (χ2v) is 14.3. The van der Waals surface area contributed by atoms with Crippen molar-refractivity contribution in [2.45, 2.75) is 129 Å². The zero-order valence-electron chi connectivity index (χ0n) is 34.8. The van der Waals surface area contributed by atoms with Gasteiger partial charge in [-0.3, -0.25) is 9.59 Å². The van der Waals surface area contributed by atoms with Gasteiger partial charge in [0.1, 0.15) is 6.61 Å². The first-order chi connectivity index (χ1) is 26.6. The summed E-state index contributed by atoms with van der Waals surface area (Å²) < 4.78 is 17.2. The Morgan fingerprint density at radius 1 is 0.564 bits per heavy atom. The van der Waals surface area contributed by atoms with E-state index in [4.69, 9.17) is 14.2 Å². The molecule has 0 aromatic rings. The van der Waals surface area contributed by atoms with Crippen LogP contribution in [0.2, 0.25) is 0 Å². The number of carbonyl (C=O) groups excluding carboxylic acids is 2. The van der Waals surface area contributed by atoms with Gasteiger partial charge in [-0.15, -0.1) is 0 Å². The molecule has 0 heterocycles. The highest BCUT2D eigenvalue weighted by atomic mass is 16.6. The lowest BCUT2D eigenvalue weighted by Crippen LogP contribution is -2.50. The van der Waals surface area contributed by atoms with Crippen molar-refractivity contribution in [2.75, 3.05) is 41.0 Å². The van der Waals surface area contributed by atoms with Gasteiger partial charge in [0.2, 0.25) is 0 Å². The quantitative estimate of drug-likeness (QED) is 0.0229. The van der Waals surface area contributed by atoms with Crippen LogP contribution in [0, 0.1) is 0 Å². The van der Waals surface area contributed by atoms with Crippen LogP contribution in [0.5, 0.6) is 0 Å². The Balaban J connectivity index is 4.55. The predicted octanol–water partition coefficient (Wildman–Crippen LogP) is 10.9. The molecule has 0 bridgehead atoms. The Morgan fingerprint density at radius 3 is 1.64 bits per heavy atom. The lowest BCUT2D eigenvalue weighted by atomic mass is 10.1. The topological polar surface area (TPSA) is 99.1 Å². The minimum atomic E-state index is -0.892. The molecule has 0 saturated heterocycles. The molecule has 0 radical (unpaired) electrons. The van der Waals surface area contributed by atoms with Crippen molar-refractivity contribution in [3.63, 3.8) is 0 Å². The van der Waals surface area contributed by atoms with Gasteiger partial charge in [-0.25, -0.2) is 4.79 Å². The van der Waals surface area contributed by atoms with Gasteiger partial charge in [0.15, 0.2) is 12.1 Å². The lowest BCUT2D eigenvalue weighted by molar-refractivity contribution is -0.887. The molecule has 0 aliphatic heterocycles. The van der Waals surface area contributed by atoms with E-state index in [0.29, 0.717) is 19.3 Å². The molecule has 308 valence electrons. The van der Waals surface area contributed by atoms with Crippen LogP contribution in [0.25, 0.3) is 0 Å². The lowest BCUT2D eigenvalue weighted by Gasteiger charge is -2.31. The van der Waals surface area contributed by atoms with Crippen LogP contribution in [-0.2, 0) is 28.6 Å². The summed E-state index contributed by atoms with van der Waals surface area (Å²) in [7, 11) is 5.48. The molecular weight excluding hydrogens is 691 g/mol. The summed E-state index contributed by atoms with van der Waals surface area (Å²) in [5.74, 6) is -1.58. The second-order valence-electron chi connectivity index (χ2n) is 14.3. The van der Waals surface area contributed by atoms with Crippen LogP contribution in [0.15, 0.2) is 109 Å². The number of hydrogen-bond acceptors (Lipinski definition) is 6. The summed E-state index contributed by atoms with van der Waals surface area (Å²) in [6.45, 7) is 4.37.